The number of nitrogen functional groups attached to an aromatic ring is 1. The lowest BCUT2D eigenvalue weighted by Crippen LogP contribution is -2.48. The quantitative estimate of drug-likeness (QED) is 0.490. The SMILES string of the molecule is Nc1ccc(C(=O)N2CCCCC2C(=O)O)cc1[N+](=O)[O-]. The van der Waals surface area contributed by atoms with Gasteiger partial charge in [0, 0.05) is 18.2 Å². The third-order valence-electron chi connectivity index (χ3n) is 3.52. The molecule has 1 heterocycles. The van der Waals surface area contributed by atoms with Gasteiger partial charge in [-0.1, -0.05) is 0 Å². The molecule has 3 N–H and O–H groups in total. The maximum absolute atomic E-state index is 12.4. The lowest BCUT2D eigenvalue weighted by Gasteiger charge is -2.32. The summed E-state index contributed by atoms with van der Waals surface area (Å²) in [6.07, 6.45) is 1.84. The van der Waals surface area contributed by atoms with E-state index < -0.39 is 22.8 Å². The number of rotatable bonds is 3. The van der Waals surface area contributed by atoms with Crippen molar-refractivity contribution in [2.45, 2.75) is 25.3 Å². The van der Waals surface area contributed by atoms with Crippen LogP contribution in [0.25, 0.3) is 0 Å². The zero-order valence-corrected chi connectivity index (χ0v) is 11.2. The van der Waals surface area contributed by atoms with Gasteiger partial charge in [-0.2, -0.15) is 0 Å². The molecule has 1 aromatic carbocycles. The number of carboxylic acid groups (broad SMARTS) is 1. The number of carboxylic acids is 1. The van der Waals surface area contributed by atoms with Gasteiger partial charge in [0.1, 0.15) is 11.7 Å². The molecule has 8 nitrogen and oxygen atoms in total. The Labute approximate surface area is 120 Å². The molecule has 0 aromatic heterocycles. The molecule has 0 radical (unpaired) electrons. The first-order valence-electron chi connectivity index (χ1n) is 6.49. The van der Waals surface area contributed by atoms with Crippen molar-refractivity contribution in [3.05, 3.63) is 33.9 Å². The highest BCUT2D eigenvalue weighted by molar-refractivity contribution is 5.97. The third-order valence-corrected chi connectivity index (χ3v) is 3.52. The fourth-order valence-corrected chi connectivity index (χ4v) is 2.43. The Kier molecular flexibility index (Phi) is 4.06. The van der Waals surface area contributed by atoms with Crippen LogP contribution in [0.5, 0.6) is 0 Å². The topological polar surface area (TPSA) is 127 Å². The number of likely N-dealkylation sites (tertiary alicyclic amines) is 1. The van der Waals surface area contributed by atoms with Crippen LogP contribution in [-0.4, -0.2) is 39.4 Å². The Morgan fingerprint density at radius 1 is 1.38 bits per heavy atom. The van der Waals surface area contributed by atoms with Crippen LogP contribution in [0.15, 0.2) is 18.2 Å². The summed E-state index contributed by atoms with van der Waals surface area (Å²) in [5, 5.41) is 20.0. The Morgan fingerprint density at radius 3 is 2.71 bits per heavy atom. The van der Waals surface area contributed by atoms with Crippen LogP contribution in [0.2, 0.25) is 0 Å². The fourth-order valence-electron chi connectivity index (χ4n) is 2.43. The Balaban J connectivity index is 2.32. The average molecular weight is 293 g/mol. The maximum atomic E-state index is 12.4. The monoisotopic (exact) mass is 293 g/mol. The molecule has 1 aliphatic rings. The molecule has 0 spiro atoms. The third kappa shape index (κ3) is 2.93. The average Bonchev–Trinajstić information content (AvgIpc) is 2.46. The summed E-state index contributed by atoms with van der Waals surface area (Å²) in [5.41, 5.74) is 5.16. The van der Waals surface area contributed by atoms with E-state index >= 15 is 0 Å². The molecule has 8 heteroatoms. The van der Waals surface area contributed by atoms with Crippen LogP contribution in [0, 0.1) is 10.1 Å². The Hall–Kier alpha value is -2.64. The first kappa shape index (κ1) is 14.8. The van der Waals surface area contributed by atoms with Crippen molar-refractivity contribution in [3.8, 4) is 0 Å². The molecule has 1 aromatic rings. The van der Waals surface area contributed by atoms with Crippen LogP contribution in [-0.2, 0) is 4.79 Å². The van der Waals surface area contributed by atoms with Crippen molar-refractivity contribution >= 4 is 23.3 Å². The lowest BCUT2D eigenvalue weighted by molar-refractivity contribution is -0.383. The van der Waals surface area contributed by atoms with Crippen molar-refractivity contribution in [2.24, 2.45) is 0 Å². The number of nitrogens with two attached hydrogens (primary N) is 1. The van der Waals surface area contributed by atoms with Gasteiger partial charge < -0.3 is 15.7 Å². The van der Waals surface area contributed by atoms with E-state index in [2.05, 4.69) is 0 Å². The van der Waals surface area contributed by atoms with Crippen LogP contribution in [0.4, 0.5) is 11.4 Å². The second kappa shape index (κ2) is 5.78. The number of hydrogen-bond donors (Lipinski definition) is 2. The summed E-state index contributed by atoms with van der Waals surface area (Å²) in [6, 6.07) is 2.86. The molecule has 0 bridgehead atoms. The molecule has 2 rings (SSSR count). The molecule has 0 aliphatic carbocycles. The van der Waals surface area contributed by atoms with Gasteiger partial charge >= 0.3 is 5.97 Å². The summed E-state index contributed by atoms with van der Waals surface area (Å²) in [4.78, 5) is 35.0. The highest BCUT2D eigenvalue weighted by atomic mass is 16.6. The number of nitrogens with zero attached hydrogens (tertiary/aromatic N) is 2. The second-order valence-electron chi connectivity index (χ2n) is 4.88. The van der Waals surface area contributed by atoms with Crippen LogP contribution < -0.4 is 5.73 Å². The predicted octanol–water partition coefficient (Wildman–Crippen LogP) is 1.26. The molecule has 1 atom stereocenters. The highest BCUT2D eigenvalue weighted by Gasteiger charge is 2.33. The summed E-state index contributed by atoms with van der Waals surface area (Å²) in [5.74, 6) is -1.59. The largest absolute Gasteiger partial charge is 0.480 e. The first-order chi connectivity index (χ1) is 9.91. The molecule has 1 fully saturated rings. The summed E-state index contributed by atoms with van der Waals surface area (Å²) < 4.78 is 0. The number of carbonyl (C=O) groups excluding carboxylic acids is 1. The number of anilines is 1. The standard InChI is InChI=1S/C13H15N3O5/c14-9-5-4-8(7-11(9)16(20)21)12(17)15-6-2-1-3-10(15)13(18)19/h4-5,7,10H,1-3,6,14H2,(H,18,19). The smallest absolute Gasteiger partial charge is 0.326 e. The summed E-state index contributed by atoms with van der Waals surface area (Å²) >= 11 is 0. The first-order valence-corrected chi connectivity index (χ1v) is 6.49. The minimum Gasteiger partial charge on any atom is -0.480 e. The minimum absolute atomic E-state index is 0.0371. The molecular weight excluding hydrogens is 278 g/mol. The van der Waals surface area contributed by atoms with Crippen molar-refractivity contribution < 1.29 is 19.6 Å². The normalized spacial score (nSPS) is 18.3. The number of carbonyl (C=O) groups is 2. The van der Waals surface area contributed by atoms with E-state index in [1.54, 1.807) is 0 Å². The van der Waals surface area contributed by atoms with Crippen LogP contribution >= 0.6 is 0 Å². The molecule has 21 heavy (non-hydrogen) atoms. The number of aliphatic carboxylic acids is 1. The van der Waals surface area contributed by atoms with Crippen molar-refractivity contribution in [1.82, 2.24) is 4.90 Å². The van der Waals surface area contributed by atoms with E-state index in [1.165, 1.54) is 17.0 Å². The predicted molar refractivity (Wildman–Crippen MR) is 73.8 cm³/mol. The fraction of sp³-hybridized carbons (Fsp3) is 0.385. The molecule has 1 amide bonds. The van der Waals surface area contributed by atoms with Gasteiger partial charge in [-0.05, 0) is 31.4 Å². The van der Waals surface area contributed by atoms with E-state index in [0.29, 0.717) is 19.4 Å². The van der Waals surface area contributed by atoms with Gasteiger partial charge in [0.05, 0.1) is 4.92 Å². The number of amides is 1. The van der Waals surface area contributed by atoms with E-state index in [-0.39, 0.29) is 16.9 Å². The number of nitro groups is 1. The Bertz CT molecular complexity index is 601. The number of hydrogen-bond acceptors (Lipinski definition) is 5. The van der Waals surface area contributed by atoms with Crippen molar-refractivity contribution in [2.75, 3.05) is 12.3 Å². The zero-order valence-electron chi connectivity index (χ0n) is 11.2. The van der Waals surface area contributed by atoms with Crippen molar-refractivity contribution in [1.29, 1.82) is 0 Å². The maximum Gasteiger partial charge on any atom is 0.326 e. The summed E-state index contributed by atoms with van der Waals surface area (Å²) in [6.45, 7) is 0.327. The van der Waals surface area contributed by atoms with Crippen LogP contribution in [0.3, 0.4) is 0 Å². The van der Waals surface area contributed by atoms with Gasteiger partial charge in [-0.3, -0.25) is 14.9 Å². The zero-order chi connectivity index (χ0) is 15.6. The molecule has 0 saturated carbocycles. The van der Waals surface area contributed by atoms with Gasteiger partial charge in [-0.25, -0.2) is 4.79 Å². The van der Waals surface area contributed by atoms with E-state index in [9.17, 15) is 19.7 Å². The minimum atomic E-state index is -1.06. The van der Waals surface area contributed by atoms with Gasteiger partial charge in [0.2, 0.25) is 0 Å². The van der Waals surface area contributed by atoms with E-state index in [0.717, 1.165) is 12.5 Å². The van der Waals surface area contributed by atoms with Crippen molar-refractivity contribution in [3.63, 3.8) is 0 Å². The Morgan fingerprint density at radius 2 is 2.10 bits per heavy atom. The van der Waals surface area contributed by atoms with Gasteiger partial charge in [0.15, 0.2) is 0 Å². The van der Waals surface area contributed by atoms with Crippen LogP contribution in [0.1, 0.15) is 29.6 Å². The summed E-state index contributed by atoms with van der Waals surface area (Å²) in [7, 11) is 0. The highest BCUT2D eigenvalue weighted by Crippen LogP contribution is 2.25. The van der Waals surface area contributed by atoms with Gasteiger partial charge in [0.25, 0.3) is 11.6 Å². The molecular formula is C13H15N3O5. The molecule has 1 unspecified atom stereocenters. The number of nitro benzene ring substituents is 1. The molecule has 1 saturated heterocycles. The van der Waals surface area contributed by atoms with E-state index in [1.807, 2.05) is 0 Å². The molecule has 112 valence electrons. The molecule has 1 aliphatic heterocycles. The second-order valence-corrected chi connectivity index (χ2v) is 4.88. The lowest BCUT2D eigenvalue weighted by atomic mass is 10.0. The number of piperidine rings is 1. The number of benzene rings is 1. The van der Waals surface area contributed by atoms with Gasteiger partial charge in [-0.15, -0.1) is 0 Å². The van der Waals surface area contributed by atoms with E-state index in [4.69, 9.17) is 10.8 Å².